The van der Waals surface area contributed by atoms with Gasteiger partial charge in [0.2, 0.25) is 0 Å². The third-order valence-electron chi connectivity index (χ3n) is 4.08. The van der Waals surface area contributed by atoms with E-state index < -0.39 is 0 Å². The lowest BCUT2D eigenvalue weighted by atomic mass is 10.0. The smallest absolute Gasteiger partial charge is 0.106 e. The van der Waals surface area contributed by atoms with Gasteiger partial charge in [0.05, 0.1) is 0 Å². The highest BCUT2D eigenvalue weighted by molar-refractivity contribution is 5.84. The molecule has 0 aliphatic carbocycles. The molecule has 20 heavy (non-hydrogen) atoms. The van der Waals surface area contributed by atoms with E-state index in [-0.39, 0.29) is 6.17 Å². The molecular weight excluding hydrogens is 246 g/mol. The Balaban J connectivity index is 1.78. The van der Waals surface area contributed by atoms with Crippen molar-refractivity contribution in [3.8, 4) is 0 Å². The van der Waals surface area contributed by atoms with Crippen LogP contribution in [0.1, 0.15) is 30.3 Å². The number of hydrogen-bond donors (Lipinski definition) is 3. The summed E-state index contributed by atoms with van der Waals surface area (Å²) >= 11 is 0. The summed E-state index contributed by atoms with van der Waals surface area (Å²) in [6.45, 7) is 2.21. The fourth-order valence-electron chi connectivity index (χ4n) is 3.04. The summed E-state index contributed by atoms with van der Waals surface area (Å²) in [5.74, 6) is 0. The van der Waals surface area contributed by atoms with Gasteiger partial charge in [-0.05, 0) is 24.6 Å². The molecule has 0 saturated heterocycles. The molecule has 2 unspecified atom stereocenters. The second kappa shape index (κ2) is 4.39. The number of benzene rings is 2. The topological polar surface area (TPSA) is 39.9 Å². The van der Waals surface area contributed by atoms with Gasteiger partial charge < -0.3 is 10.3 Å². The minimum atomic E-state index is 0.135. The summed E-state index contributed by atoms with van der Waals surface area (Å²) in [6, 6.07) is 17.2. The molecule has 0 bridgehead atoms. The van der Waals surface area contributed by atoms with E-state index in [4.69, 9.17) is 0 Å². The third-order valence-corrected chi connectivity index (χ3v) is 4.08. The number of aromatic amines is 1. The van der Waals surface area contributed by atoms with Crippen LogP contribution in [0.4, 0.5) is 5.69 Å². The van der Waals surface area contributed by atoms with Gasteiger partial charge in [0, 0.05) is 34.4 Å². The molecule has 0 amide bonds. The van der Waals surface area contributed by atoms with Crippen LogP contribution in [0.15, 0.2) is 54.7 Å². The Bertz CT molecular complexity index is 760. The average Bonchev–Trinajstić information content (AvgIpc) is 2.91. The van der Waals surface area contributed by atoms with E-state index in [2.05, 4.69) is 77.3 Å². The number of anilines is 1. The molecule has 0 saturated carbocycles. The first kappa shape index (κ1) is 11.6. The van der Waals surface area contributed by atoms with E-state index in [1.165, 1.54) is 27.7 Å². The van der Waals surface area contributed by atoms with Crippen molar-refractivity contribution in [1.29, 1.82) is 0 Å². The number of rotatable bonds is 1. The molecule has 3 N–H and O–H groups in total. The summed E-state index contributed by atoms with van der Waals surface area (Å²) in [7, 11) is 0. The van der Waals surface area contributed by atoms with Gasteiger partial charge in [-0.2, -0.15) is 0 Å². The number of aromatic nitrogens is 1. The lowest BCUT2D eigenvalue weighted by Crippen LogP contribution is -2.35. The van der Waals surface area contributed by atoms with E-state index in [1.807, 2.05) is 0 Å². The number of hydrogen-bond acceptors (Lipinski definition) is 2. The lowest BCUT2D eigenvalue weighted by Gasteiger charge is -2.33. The fraction of sp³-hybridized carbons (Fsp3) is 0.176. The molecule has 2 atom stereocenters. The molecule has 1 aromatic heterocycles. The Hall–Kier alpha value is -2.26. The minimum Gasteiger partial charge on any atom is -0.366 e. The van der Waals surface area contributed by atoms with Crippen molar-refractivity contribution in [3.05, 3.63) is 65.9 Å². The first-order valence-corrected chi connectivity index (χ1v) is 7.00. The first-order valence-electron chi connectivity index (χ1n) is 7.00. The van der Waals surface area contributed by atoms with Gasteiger partial charge in [-0.1, -0.05) is 36.4 Å². The van der Waals surface area contributed by atoms with Crippen LogP contribution in [-0.4, -0.2) is 4.98 Å². The van der Waals surface area contributed by atoms with Gasteiger partial charge in [0.15, 0.2) is 0 Å². The van der Waals surface area contributed by atoms with Crippen molar-refractivity contribution in [2.24, 2.45) is 0 Å². The van der Waals surface area contributed by atoms with Crippen LogP contribution in [0.3, 0.4) is 0 Å². The van der Waals surface area contributed by atoms with Crippen LogP contribution < -0.4 is 10.6 Å². The summed E-state index contributed by atoms with van der Waals surface area (Å²) in [5.41, 5.74) is 4.98. The van der Waals surface area contributed by atoms with Gasteiger partial charge in [0.25, 0.3) is 0 Å². The second-order valence-electron chi connectivity index (χ2n) is 5.34. The van der Waals surface area contributed by atoms with Crippen LogP contribution in [0.5, 0.6) is 0 Å². The van der Waals surface area contributed by atoms with Crippen molar-refractivity contribution in [2.45, 2.75) is 19.1 Å². The van der Waals surface area contributed by atoms with E-state index in [1.54, 1.807) is 0 Å². The Labute approximate surface area is 118 Å². The van der Waals surface area contributed by atoms with Crippen LogP contribution >= 0.6 is 0 Å². The molecule has 1 aliphatic rings. The Morgan fingerprint density at radius 3 is 2.65 bits per heavy atom. The Morgan fingerprint density at radius 1 is 0.900 bits per heavy atom. The van der Waals surface area contributed by atoms with E-state index in [9.17, 15) is 0 Å². The van der Waals surface area contributed by atoms with Crippen molar-refractivity contribution < 1.29 is 0 Å². The molecule has 0 radical (unpaired) electrons. The fourth-order valence-corrected chi connectivity index (χ4v) is 3.04. The maximum atomic E-state index is 3.64. The summed E-state index contributed by atoms with van der Waals surface area (Å²) in [5, 5.41) is 8.49. The Morgan fingerprint density at radius 2 is 1.70 bits per heavy atom. The van der Waals surface area contributed by atoms with Gasteiger partial charge >= 0.3 is 0 Å². The molecule has 3 aromatic rings. The van der Waals surface area contributed by atoms with Crippen LogP contribution in [-0.2, 0) is 0 Å². The third kappa shape index (κ3) is 1.71. The van der Waals surface area contributed by atoms with E-state index in [0.29, 0.717) is 6.04 Å². The summed E-state index contributed by atoms with van der Waals surface area (Å²) < 4.78 is 0. The zero-order valence-corrected chi connectivity index (χ0v) is 11.4. The van der Waals surface area contributed by atoms with Crippen molar-refractivity contribution in [1.82, 2.24) is 10.3 Å². The molecule has 1 aliphatic heterocycles. The zero-order chi connectivity index (χ0) is 13.5. The highest BCUT2D eigenvalue weighted by Crippen LogP contribution is 2.34. The highest BCUT2D eigenvalue weighted by atomic mass is 15.2. The molecule has 2 heterocycles. The molecule has 2 aromatic carbocycles. The first-order chi connectivity index (χ1) is 9.83. The van der Waals surface area contributed by atoms with Gasteiger partial charge in [-0.25, -0.2) is 0 Å². The molecule has 100 valence electrons. The zero-order valence-electron chi connectivity index (χ0n) is 11.4. The molecular formula is C17H17N3. The standard InChI is InChI=1S/C17H17N3/c1-11-12-6-2-5-9-16(12)20-17(19-11)14-10-18-15-8-4-3-7-13(14)15/h2-11,17-20H,1H3. The minimum absolute atomic E-state index is 0.135. The van der Waals surface area contributed by atoms with Gasteiger partial charge in [0.1, 0.15) is 6.17 Å². The number of para-hydroxylation sites is 2. The summed E-state index contributed by atoms with van der Waals surface area (Å²) in [6.07, 6.45) is 2.23. The molecule has 0 spiro atoms. The number of fused-ring (bicyclic) bond motifs is 2. The van der Waals surface area contributed by atoms with E-state index >= 15 is 0 Å². The SMILES string of the molecule is CC1NC(c2c[nH]c3ccccc23)Nc2ccccc21. The van der Waals surface area contributed by atoms with Crippen LogP contribution in [0, 0.1) is 0 Å². The predicted molar refractivity (Wildman–Crippen MR) is 82.7 cm³/mol. The van der Waals surface area contributed by atoms with Gasteiger partial charge in [-0.15, -0.1) is 0 Å². The molecule has 3 heteroatoms. The highest BCUT2D eigenvalue weighted by Gasteiger charge is 2.24. The second-order valence-corrected chi connectivity index (χ2v) is 5.34. The van der Waals surface area contributed by atoms with Crippen molar-refractivity contribution in [2.75, 3.05) is 5.32 Å². The normalized spacial score (nSPS) is 21.4. The molecule has 0 fully saturated rings. The predicted octanol–water partition coefficient (Wildman–Crippen LogP) is 3.94. The van der Waals surface area contributed by atoms with Crippen LogP contribution in [0.25, 0.3) is 10.9 Å². The Kier molecular flexibility index (Phi) is 2.54. The number of nitrogens with one attached hydrogen (secondary N) is 3. The maximum Gasteiger partial charge on any atom is 0.106 e. The summed E-state index contributed by atoms with van der Waals surface area (Å²) in [4.78, 5) is 3.34. The van der Waals surface area contributed by atoms with Crippen LogP contribution in [0.2, 0.25) is 0 Å². The molecule has 4 rings (SSSR count). The van der Waals surface area contributed by atoms with Gasteiger partial charge in [-0.3, -0.25) is 5.32 Å². The monoisotopic (exact) mass is 263 g/mol. The lowest BCUT2D eigenvalue weighted by molar-refractivity contribution is 0.486. The van der Waals surface area contributed by atoms with Crippen molar-refractivity contribution >= 4 is 16.6 Å². The van der Waals surface area contributed by atoms with E-state index in [0.717, 1.165) is 0 Å². The average molecular weight is 263 g/mol. The van der Waals surface area contributed by atoms with Crippen molar-refractivity contribution in [3.63, 3.8) is 0 Å². The quantitative estimate of drug-likeness (QED) is 0.622. The largest absolute Gasteiger partial charge is 0.366 e. The number of H-pyrrole nitrogens is 1. The molecule has 3 nitrogen and oxygen atoms in total. The maximum absolute atomic E-state index is 3.64.